The van der Waals surface area contributed by atoms with E-state index in [1.165, 1.54) is 71.4 Å². The highest BCUT2D eigenvalue weighted by atomic mass is 15.2. The third kappa shape index (κ3) is 13.9. The minimum absolute atomic E-state index is 0. The van der Waals surface area contributed by atoms with Crippen LogP contribution in [0, 0.1) is 0 Å². The molecule has 3 rings (SSSR count). The van der Waals surface area contributed by atoms with Crippen LogP contribution in [0.4, 0.5) is 0 Å². The zero-order valence-electron chi connectivity index (χ0n) is 21.5. The summed E-state index contributed by atoms with van der Waals surface area (Å²) >= 11 is 0. The summed E-state index contributed by atoms with van der Waals surface area (Å²) in [5.74, 6) is 0. The first-order valence-electron chi connectivity index (χ1n) is 12.3. The van der Waals surface area contributed by atoms with Crippen molar-refractivity contribution in [2.45, 2.75) is 126 Å². The van der Waals surface area contributed by atoms with Gasteiger partial charge in [-0.2, -0.15) is 0 Å². The summed E-state index contributed by atoms with van der Waals surface area (Å²) < 4.78 is 0. The minimum atomic E-state index is 0. The van der Waals surface area contributed by atoms with Crippen molar-refractivity contribution in [2.24, 2.45) is 0 Å². The smallest absolute Gasteiger partial charge is 0.0126 e. The van der Waals surface area contributed by atoms with Crippen molar-refractivity contribution in [3.63, 3.8) is 0 Å². The second-order valence-electron chi connectivity index (χ2n) is 12.0. The first kappa shape index (κ1) is 33.0. The van der Waals surface area contributed by atoms with Crippen LogP contribution < -0.4 is 5.32 Å². The molecule has 3 heterocycles. The standard InChI is InChI=1S/C9H19N.C8H18N2.C8H17N.2CH4/c1-9(2,3)10-7-5-4-6-8-10;1-8(2,3)10-6-4-9-5-7-10;1-8(2,3)9-6-4-5-7-9;;/h4-8H2,1-3H3;9H,4-7H2,1-3H3;4-7H2,1-3H3;2*1H4. The van der Waals surface area contributed by atoms with E-state index < -0.39 is 0 Å². The SMILES string of the molecule is C.C.CC(C)(C)N1CCCC1.CC(C)(C)N1CCCCC1.CC(C)(C)N1CCNCC1. The predicted octanol–water partition coefficient (Wildman–Crippen LogP) is 6.11. The Labute approximate surface area is 198 Å². The number of rotatable bonds is 0. The van der Waals surface area contributed by atoms with E-state index in [4.69, 9.17) is 0 Å². The molecule has 0 aliphatic carbocycles. The Morgan fingerprint density at radius 2 is 0.677 bits per heavy atom. The number of piperidine rings is 1. The van der Waals surface area contributed by atoms with E-state index in [2.05, 4.69) is 82.3 Å². The number of nitrogens with one attached hydrogen (secondary N) is 1. The number of likely N-dealkylation sites (tertiary alicyclic amines) is 2. The third-order valence-corrected chi connectivity index (χ3v) is 6.43. The van der Waals surface area contributed by atoms with Crippen molar-refractivity contribution in [3.8, 4) is 0 Å². The maximum Gasteiger partial charge on any atom is 0.0126 e. The maximum absolute atomic E-state index is 3.35. The van der Waals surface area contributed by atoms with E-state index in [0.717, 1.165) is 13.1 Å². The molecular weight excluding hydrogens is 380 g/mol. The summed E-state index contributed by atoms with van der Waals surface area (Å²) in [7, 11) is 0. The van der Waals surface area contributed by atoms with E-state index in [9.17, 15) is 0 Å². The molecule has 3 fully saturated rings. The summed E-state index contributed by atoms with van der Waals surface area (Å²) in [6, 6.07) is 0. The van der Waals surface area contributed by atoms with Crippen LogP contribution in [0.15, 0.2) is 0 Å². The molecule has 4 nitrogen and oxygen atoms in total. The molecule has 0 bridgehead atoms. The fourth-order valence-electron chi connectivity index (χ4n) is 4.29. The Morgan fingerprint density at radius 3 is 0.903 bits per heavy atom. The molecule has 3 aliphatic heterocycles. The van der Waals surface area contributed by atoms with Crippen LogP contribution in [0.25, 0.3) is 0 Å². The molecule has 0 spiro atoms. The molecule has 0 unspecified atom stereocenters. The molecule has 0 atom stereocenters. The number of piperazine rings is 1. The first-order chi connectivity index (χ1) is 13.3. The van der Waals surface area contributed by atoms with Gasteiger partial charge in [0.15, 0.2) is 0 Å². The fraction of sp³-hybridized carbons (Fsp3) is 1.00. The summed E-state index contributed by atoms with van der Waals surface area (Å²) in [6.45, 7) is 30.5. The van der Waals surface area contributed by atoms with Crippen LogP contribution in [0.3, 0.4) is 0 Å². The summed E-state index contributed by atoms with van der Waals surface area (Å²) in [5.41, 5.74) is 1.18. The molecular formula is C27H62N4. The van der Waals surface area contributed by atoms with Gasteiger partial charge in [-0.1, -0.05) is 21.3 Å². The molecule has 0 amide bonds. The van der Waals surface area contributed by atoms with Gasteiger partial charge in [0.2, 0.25) is 0 Å². The highest BCUT2D eigenvalue weighted by Gasteiger charge is 2.24. The Kier molecular flexibility index (Phi) is 15.8. The van der Waals surface area contributed by atoms with Crippen LogP contribution in [-0.2, 0) is 0 Å². The van der Waals surface area contributed by atoms with Gasteiger partial charge in [-0.05, 0) is 114 Å². The van der Waals surface area contributed by atoms with Crippen molar-refractivity contribution < 1.29 is 0 Å². The fourth-order valence-corrected chi connectivity index (χ4v) is 4.29. The van der Waals surface area contributed by atoms with E-state index >= 15 is 0 Å². The molecule has 190 valence electrons. The molecule has 0 aromatic carbocycles. The van der Waals surface area contributed by atoms with Crippen molar-refractivity contribution in [1.82, 2.24) is 20.0 Å². The van der Waals surface area contributed by atoms with Gasteiger partial charge in [-0.3, -0.25) is 14.7 Å². The van der Waals surface area contributed by atoms with E-state index in [1.54, 1.807) is 0 Å². The summed E-state index contributed by atoms with van der Waals surface area (Å²) in [5, 5.41) is 3.35. The molecule has 3 saturated heterocycles. The van der Waals surface area contributed by atoms with E-state index in [-0.39, 0.29) is 14.9 Å². The van der Waals surface area contributed by atoms with Gasteiger partial charge in [-0.15, -0.1) is 0 Å². The topological polar surface area (TPSA) is 21.8 Å². The lowest BCUT2D eigenvalue weighted by atomic mass is 10.0. The van der Waals surface area contributed by atoms with Crippen molar-refractivity contribution in [2.75, 3.05) is 52.4 Å². The van der Waals surface area contributed by atoms with Gasteiger partial charge in [0.1, 0.15) is 0 Å². The lowest BCUT2D eigenvalue weighted by Crippen LogP contribution is -2.51. The van der Waals surface area contributed by atoms with Crippen LogP contribution in [0.2, 0.25) is 0 Å². The monoisotopic (exact) mass is 442 g/mol. The Bertz CT molecular complexity index is 382. The summed E-state index contributed by atoms with van der Waals surface area (Å²) in [4.78, 5) is 7.65. The molecule has 0 aromatic rings. The van der Waals surface area contributed by atoms with Gasteiger partial charge in [0.25, 0.3) is 0 Å². The Hall–Kier alpha value is -0.160. The largest absolute Gasteiger partial charge is 0.314 e. The Balaban J connectivity index is 0. The molecule has 1 N–H and O–H groups in total. The highest BCUT2D eigenvalue weighted by molar-refractivity contribution is 4.81. The normalized spacial score (nSPS) is 21.6. The average molecular weight is 443 g/mol. The lowest BCUT2D eigenvalue weighted by molar-refractivity contribution is 0.111. The zero-order chi connectivity index (χ0) is 22.1. The molecule has 0 saturated carbocycles. The highest BCUT2D eigenvalue weighted by Crippen LogP contribution is 2.20. The van der Waals surface area contributed by atoms with Crippen molar-refractivity contribution in [1.29, 1.82) is 0 Å². The number of hydrogen-bond donors (Lipinski definition) is 1. The second kappa shape index (κ2) is 14.9. The number of nitrogens with zero attached hydrogens (tertiary/aromatic N) is 3. The summed E-state index contributed by atoms with van der Waals surface area (Å²) in [6.07, 6.45) is 7.04. The van der Waals surface area contributed by atoms with Crippen molar-refractivity contribution in [3.05, 3.63) is 0 Å². The van der Waals surface area contributed by atoms with Crippen LogP contribution in [-0.4, -0.2) is 83.7 Å². The molecule has 0 aromatic heterocycles. The van der Waals surface area contributed by atoms with Gasteiger partial charge in [0, 0.05) is 42.8 Å². The lowest BCUT2D eigenvalue weighted by Gasteiger charge is -2.38. The van der Waals surface area contributed by atoms with E-state index in [1.807, 2.05) is 0 Å². The molecule has 3 aliphatic rings. The third-order valence-electron chi connectivity index (χ3n) is 6.43. The quantitative estimate of drug-likeness (QED) is 0.488. The predicted molar refractivity (Wildman–Crippen MR) is 143 cm³/mol. The molecule has 0 radical (unpaired) electrons. The average Bonchev–Trinajstić information content (AvgIpc) is 3.18. The molecule has 31 heavy (non-hydrogen) atoms. The van der Waals surface area contributed by atoms with Crippen molar-refractivity contribution >= 4 is 0 Å². The first-order valence-corrected chi connectivity index (χ1v) is 12.3. The van der Waals surface area contributed by atoms with Crippen LogP contribution in [0.5, 0.6) is 0 Å². The van der Waals surface area contributed by atoms with Gasteiger partial charge >= 0.3 is 0 Å². The molecule has 4 heteroatoms. The zero-order valence-corrected chi connectivity index (χ0v) is 21.5. The maximum atomic E-state index is 3.35. The van der Waals surface area contributed by atoms with Crippen LogP contribution in [0.1, 0.15) is 109 Å². The van der Waals surface area contributed by atoms with Gasteiger partial charge in [-0.25, -0.2) is 0 Å². The van der Waals surface area contributed by atoms with Crippen LogP contribution >= 0.6 is 0 Å². The Morgan fingerprint density at radius 1 is 0.419 bits per heavy atom. The van der Waals surface area contributed by atoms with E-state index in [0.29, 0.717) is 16.6 Å². The van der Waals surface area contributed by atoms with Gasteiger partial charge in [0.05, 0.1) is 0 Å². The second-order valence-corrected chi connectivity index (χ2v) is 12.0. The minimum Gasteiger partial charge on any atom is -0.314 e. The van der Waals surface area contributed by atoms with Gasteiger partial charge < -0.3 is 5.32 Å². The number of hydrogen-bond acceptors (Lipinski definition) is 4.